The summed E-state index contributed by atoms with van der Waals surface area (Å²) in [6, 6.07) is 17.6. The van der Waals surface area contributed by atoms with Crippen molar-refractivity contribution in [2.75, 3.05) is 17.8 Å². The highest BCUT2D eigenvalue weighted by atomic mass is 35.5. The minimum Gasteiger partial charge on any atom is -0.493 e. The molecule has 0 aliphatic heterocycles. The van der Waals surface area contributed by atoms with Crippen molar-refractivity contribution in [2.45, 2.75) is 19.3 Å². The van der Waals surface area contributed by atoms with E-state index >= 15 is 0 Å². The molecule has 0 saturated carbocycles. The Bertz CT molecular complexity index is 569. The molecule has 0 radical (unpaired) electrons. The molecular formula is C18H20ClNO2. The van der Waals surface area contributed by atoms with Crippen molar-refractivity contribution in [3.8, 4) is 5.75 Å². The van der Waals surface area contributed by atoms with Gasteiger partial charge in [0.2, 0.25) is 5.91 Å². The zero-order chi connectivity index (χ0) is 15.6. The highest BCUT2D eigenvalue weighted by Gasteiger charge is 2.02. The molecule has 22 heavy (non-hydrogen) atoms. The summed E-state index contributed by atoms with van der Waals surface area (Å²) < 4.78 is 5.70. The van der Waals surface area contributed by atoms with Crippen LogP contribution in [0.2, 0.25) is 0 Å². The normalized spacial score (nSPS) is 10.2. The van der Waals surface area contributed by atoms with Crippen LogP contribution in [0.25, 0.3) is 0 Å². The largest absolute Gasteiger partial charge is 0.493 e. The second-order valence-corrected chi connectivity index (χ2v) is 5.33. The highest BCUT2D eigenvalue weighted by molar-refractivity contribution is 6.18. The molecule has 0 heterocycles. The molecular weight excluding hydrogens is 298 g/mol. The molecule has 0 saturated heterocycles. The third kappa shape index (κ3) is 5.78. The number of rotatable bonds is 8. The number of hydrogen-bond acceptors (Lipinski definition) is 2. The molecule has 1 amide bonds. The summed E-state index contributed by atoms with van der Waals surface area (Å²) in [5.74, 6) is 1.29. The fraction of sp³-hybridized carbons (Fsp3) is 0.278. The van der Waals surface area contributed by atoms with Crippen LogP contribution in [0.3, 0.4) is 0 Å². The van der Waals surface area contributed by atoms with Gasteiger partial charge in [-0.05, 0) is 36.2 Å². The van der Waals surface area contributed by atoms with Crippen LogP contribution in [0.15, 0.2) is 54.6 Å². The molecule has 1 N–H and O–H groups in total. The molecule has 116 valence electrons. The Morgan fingerprint density at radius 1 is 1.05 bits per heavy atom. The van der Waals surface area contributed by atoms with E-state index in [-0.39, 0.29) is 5.91 Å². The first-order valence-corrected chi connectivity index (χ1v) is 7.94. The van der Waals surface area contributed by atoms with Gasteiger partial charge in [0.25, 0.3) is 0 Å². The average molecular weight is 318 g/mol. The topological polar surface area (TPSA) is 38.3 Å². The molecule has 4 heteroatoms. The lowest BCUT2D eigenvalue weighted by molar-refractivity contribution is -0.116. The second-order valence-electron chi connectivity index (χ2n) is 4.95. The lowest BCUT2D eigenvalue weighted by atomic mass is 10.2. The fourth-order valence-corrected chi connectivity index (χ4v) is 2.15. The van der Waals surface area contributed by atoms with E-state index in [9.17, 15) is 4.79 Å². The van der Waals surface area contributed by atoms with Crippen molar-refractivity contribution in [1.82, 2.24) is 0 Å². The molecule has 2 aromatic rings. The number of halogens is 1. The van der Waals surface area contributed by atoms with Crippen LogP contribution in [0, 0.1) is 0 Å². The van der Waals surface area contributed by atoms with Crippen molar-refractivity contribution in [3.63, 3.8) is 0 Å². The maximum absolute atomic E-state index is 11.6. The Kier molecular flexibility index (Phi) is 6.78. The van der Waals surface area contributed by atoms with Crippen molar-refractivity contribution in [3.05, 3.63) is 60.2 Å². The summed E-state index contributed by atoms with van der Waals surface area (Å²) in [5.41, 5.74) is 2.03. The van der Waals surface area contributed by atoms with E-state index in [4.69, 9.17) is 16.3 Å². The number of benzene rings is 2. The van der Waals surface area contributed by atoms with E-state index in [0.29, 0.717) is 25.3 Å². The van der Waals surface area contributed by atoms with Gasteiger partial charge in [-0.15, -0.1) is 11.6 Å². The van der Waals surface area contributed by atoms with Gasteiger partial charge in [0, 0.05) is 24.4 Å². The van der Waals surface area contributed by atoms with Crippen LogP contribution in [-0.2, 0) is 11.2 Å². The summed E-state index contributed by atoms with van der Waals surface area (Å²) in [6.45, 7) is 0.630. The zero-order valence-electron chi connectivity index (χ0n) is 12.4. The number of carbonyl (C=O) groups excluding carboxylic acids is 1. The quantitative estimate of drug-likeness (QED) is 0.739. The molecule has 3 nitrogen and oxygen atoms in total. The Morgan fingerprint density at radius 2 is 1.77 bits per heavy atom. The van der Waals surface area contributed by atoms with Gasteiger partial charge >= 0.3 is 0 Å². The Hall–Kier alpha value is -2.00. The van der Waals surface area contributed by atoms with Crippen LogP contribution >= 0.6 is 11.6 Å². The third-order valence-corrected chi connectivity index (χ3v) is 3.45. The van der Waals surface area contributed by atoms with E-state index in [1.165, 1.54) is 5.56 Å². The first-order valence-electron chi connectivity index (χ1n) is 7.40. The minimum atomic E-state index is -0.0154. The Balaban J connectivity index is 1.75. The Labute approximate surface area is 136 Å². The molecule has 0 fully saturated rings. The zero-order valence-corrected chi connectivity index (χ0v) is 13.2. The number of alkyl halides is 1. The number of ether oxygens (including phenoxy) is 1. The molecule has 0 atom stereocenters. The van der Waals surface area contributed by atoms with Gasteiger partial charge in [-0.1, -0.05) is 30.3 Å². The van der Waals surface area contributed by atoms with E-state index < -0.39 is 0 Å². The summed E-state index contributed by atoms with van der Waals surface area (Å²) in [6.07, 6.45) is 2.00. The lowest BCUT2D eigenvalue weighted by Gasteiger charge is -2.08. The van der Waals surface area contributed by atoms with Crippen LogP contribution < -0.4 is 10.1 Å². The molecule has 0 spiro atoms. The van der Waals surface area contributed by atoms with Gasteiger partial charge < -0.3 is 10.1 Å². The fourth-order valence-electron chi connectivity index (χ4n) is 2.02. The van der Waals surface area contributed by atoms with Crippen molar-refractivity contribution >= 4 is 23.2 Å². The van der Waals surface area contributed by atoms with Gasteiger partial charge in [0.15, 0.2) is 0 Å². The summed E-state index contributed by atoms with van der Waals surface area (Å²) in [7, 11) is 0. The monoisotopic (exact) mass is 317 g/mol. The van der Waals surface area contributed by atoms with Crippen molar-refractivity contribution in [1.29, 1.82) is 0 Å². The van der Waals surface area contributed by atoms with Gasteiger partial charge in [0.1, 0.15) is 5.75 Å². The Morgan fingerprint density at radius 3 is 2.45 bits per heavy atom. The maximum atomic E-state index is 11.6. The third-order valence-electron chi connectivity index (χ3n) is 3.18. The van der Waals surface area contributed by atoms with Gasteiger partial charge in [-0.25, -0.2) is 0 Å². The SMILES string of the molecule is O=C(CCCCl)Nc1ccc(OCCc2ccccc2)cc1. The maximum Gasteiger partial charge on any atom is 0.224 e. The van der Waals surface area contributed by atoms with Crippen LogP contribution in [-0.4, -0.2) is 18.4 Å². The van der Waals surface area contributed by atoms with E-state index in [1.54, 1.807) is 0 Å². The smallest absolute Gasteiger partial charge is 0.224 e. The van der Waals surface area contributed by atoms with Gasteiger partial charge in [-0.3, -0.25) is 4.79 Å². The van der Waals surface area contributed by atoms with E-state index in [2.05, 4.69) is 17.4 Å². The molecule has 0 aliphatic carbocycles. The van der Waals surface area contributed by atoms with E-state index in [0.717, 1.165) is 17.9 Å². The molecule has 0 aromatic heterocycles. The van der Waals surface area contributed by atoms with Crippen LogP contribution in [0.5, 0.6) is 5.75 Å². The number of amides is 1. The first kappa shape index (κ1) is 16.4. The average Bonchev–Trinajstić information content (AvgIpc) is 2.55. The number of anilines is 1. The van der Waals surface area contributed by atoms with Gasteiger partial charge in [-0.2, -0.15) is 0 Å². The molecule has 2 rings (SSSR count). The molecule has 0 aliphatic rings. The number of hydrogen-bond donors (Lipinski definition) is 1. The summed E-state index contributed by atoms with van der Waals surface area (Å²) in [4.78, 5) is 11.6. The van der Waals surface area contributed by atoms with Crippen molar-refractivity contribution in [2.24, 2.45) is 0 Å². The van der Waals surface area contributed by atoms with Gasteiger partial charge in [0.05, 0.1) is 6.61 Å². The van der Waals surface area contributed by atoms with Crippen molar-refractivity contribution < 1.29 is 9.53 Å². The lowest BCUT2D eigenvalue weighted by Crippen LogP contribution is -2.11. The number of nitrogens with one attached hydrogen (secondary N) is 1. The predicted octanol–water partition coefficient (Wildman–Crippen LogP) is 4.27. The predicted molar refractivity (Wildman–Crippen MR) is 90.7 cm³/mol. The number of carbonyl (C=O) groups is 1. The second kappa shape index (κ2) is 9.11. The molecule has 0 bridgehead atoms. The first-order chi connectivity index (χ1) is 10.8. The minimum absolute atomic E-state index is 0.0154. The van der Waals surface area contributed by atoms with Crippen LogP contribution in [0.1, 0.15) is 18.4 Å². The molecule has 0 unspecified atom stereocenters. The van der Waals surface area contributed by atoms with E-state index in [1.807, 2.05) is 42.5 Å². The standard InChI is InChI=1S/C18H20ClNO2/c19-13-4-7-18(21)20-16-8-10-17(11-9-16)22-14-12-15-5-2-1-3-6-15/h1-3,5-6,8-11H,4,7,12-14H2,(H,20,21). The molecule has 2 aromatic carbocycles. The van der Waals surface area contributed by atoms with Crippen LogP contribution in [0.4, 0.5) is 5.69 Å². The summed E-state index contributed by atoms with van der Waals surface area (Å²) in [5, 5.41) is 2.83. The summed E-state index contributed by atoms with van der Waals surface area (Å²) >= 11 is 5.57. The highest BCUT2D eigenvalue weighted by Crippen LogP contribution is 2.16.